The number of hydrogen-bond acceptors (Lipinski definition) is 8. The molecule has 1 amide bonds. The number of sulfonamides is 1. The van der Waals surface area contributed by atoms with Gasteiger partial charge in [0.15, 0.2) is 0 Å². The van der Waals surface area contributed by atoms with Gasteiger partial charge in [0.25, 0.3) is 0 Å². The second-order valence-electron chi connectivity index (χ2n) is 11.0. The van der Waals surface area contributed by atoms with E-state index >= 15 is 0 Å². The molecule has 11 heteroatoms. The number of nitrogen functional groups attached to an aromatic ring is 1. The van der Waals surface area contributed by atoms with Gasteiger partial charge in [-0.2, -0.15) is 4.72 Å². The summed E-state index contributed by atoms with van der Waals surface area (Å²) in [5.74, 6) is 0.332. The number of aliphatic hydroxyl groups excluding tert-OH is 1. The molecule has 4 rings (SSSR count). The summed E-state index contributed by atoms with van der Waals surface area (Å²) in [7, 11) is -4.19. The van der Waals surface area contributed by atoms with Gasteiger partial charge in [0.2, 0.25) is 15.9 Å². The standard InChI is InChI=1S/C32H43N5O5S/c1-2-24-13-16-37(17-14-24)32(39)30(21-26-8-10-27(33)11-9-26)36-43(40,41)31-22-34-15-12-29(31)35-28(23-42-19-18-38)20-25-6-4-3-5-7-25/h3-12,15,22,24,28,30,36,38H,2,13-14,16-21,23,33H2,1H3,(H,34,35)/t28-,30-/m0/s1. The molecule has 1 aliphatic rings. The third kappa shape index (κ3) is 9.49. The topological polar surface area (TPSA) is 147 Å². The Morgan fingerprint density at radius 1 is 1.07 bits per heavy atom. The van der Waals surface area contributed by atoms with Crippen molar-refractivity contribution in [2.24, 2.45) is 5.92 Å². The minimum Gasteiger partial charge on any atom is -0.399 e. The summed E-state index contributed by atoms with van der Waals surface area (Å²) >= 11 is 0. The number of pyridine rings is 1. The number of carbonyl (C=O) groups is 1. The molecule has 2 atom stereocenters. The van der Waals surface area contributed by atoms with Crippen LogP contribution in [0.1, 0.15) is 37.3 Å². The van der Waals surface area contributed by atoms with E-state index in [0.29, 0.717) is 36.8 Å². The largest absolute Gasteiger partial charge is 0.399 e. The lowest BCUT2D eigenvalue weighted by Gasteiger charge is -2.34. The fourth-order valence-electron chi connectivity index (χ4n) is 5.38. The van der Waals surface area contributed by atoms with Crippen LogP contribution in [0.3, 0.4) is 0 Å². The highest BCUT2D eigenvalue weighted by Crippen LogP contribution is 2.24. The highest BCUT2D eigenvalue weighted by atomic mass is 32.2. The van der Waals surface area contributed by atoms with Gasteiger partial charge < -0.3 is 25.8 Å². The molecule has 0 bridgehead atoms. The SMILES string of the molecule is CCC1CCN(C(=O)[C@H](Cc2ccc(N)cc2)NS(=O)(=O)c2cnccc2N[C@H](COCCO)Cc2ccccc2)CC1. The molecule has 0 unspecified atom stereocenters. The van der Waals surface area contributed by atoms with Crippen LogP contribution in [0.15, 0.2) is 78.0 Å². The first-order chi connectivity index (χ1) is 20.8. The number of aliphatic hydroxyl groups is 1. The molecule has 10 nitrogen and oxygen atoms in total. The molecule has 2 aromatic carbocycles. The molecule has 1 fully saturated rings. The smallest absolute Gasteiger partial charge is 0.244 e. The van der Waals surface area contributed by atoms with Crippen molar-refractivity contribution in [1.82, 2.24) is 14.6 Å². The maximum absolute atomic E-state index is 13.9. The number of nitrogens with two attached hydrogens (primary N) is 1. The van der Waals surface area contributed by atoms with E-state index in [2.05, 4.69) is 21.9 Å². The number of benzene rings is 2. The van der Waals surface area contributed by atoms with Crippen LogP contribution in [0.4, 0.5) is 11.4 Å². The van der Waals surface area contributed by atoms with E-state index in [9.17, 15) is 18.3 Å². The number of aromatic nitrogens is 1. The van der Waals surface area contributed by atoms with E-state index in [1.165, 1.54) is 12.4 Å². The maximum atomic E-state index is 13.9. The van der Waals surface area contributed by atoms with E-state index in [4.69, 9.17) is 10.5 Å². The van der Waals surface area contributed by atoms with Gasteiger partial charge in [-0.3, -0.25) is 9.78 Å². The average molecular weight is 610 g/mol. The zero-order valence-electron chi connectivity index (χ0n) is 24.7. The van der Waals surface area contributed by atoms with Crippen LogP contribution in [0, 0.1) is 5.92 Å². The average Bonchev–Trinajstić information content (AvgIpc) is 3.02. The van der Waals surface area contributed by atoms with Gasteiger partial charge in [-0.05, 0) is 60.9 Å². The first-order valence-corrected chi connectivity index (χ1v) is 16.4. The molecule has 0 aliphatic carbocycles. The summed E-state index contributed by atoms with van der Waals surface area (Å²) in [6.45, 7) is 3.66. The maximum Gasteiger partial charge on any atom is 0.244 e. The molecule has 0 radical (unpaired) electrons. The summed E-state index contributed by atoms with van der Waals surface area (Å²) in [6.07, 6.45) is 6.42. The molecule has 1 aliphatic heterocycles. The first kappa shape index (κ1) is 32.4. The molecule has 1 saturated heterocycles. The van der Waals surface area contributed by atoms with Gasteiger partial charge in [0.1, 0.15) is 10.9 Å². The number of anilines is 2. The predicted octanol–water partition coefficient (Wildman–Crippen LogP) is 3.23. The molecule has 5 N–H and O–H groups in total. The van der Waals surface area contributed by atoms with Gasteiger partial charge in [-0.25, -0.2) is 8.42 Å². The molecule has 2 heterocycles. The Kier molecular flexibility index (Phi) is 11.9. The second kappa shape index (κ2) is 15.8. The lowest BCUT2D eigenvalue weighted by molar-refractivity contribution is -0.134. The van der Waals surface area contributed by atoms with Crippen LogP contribution in [0.5, 0.6) is 0 Å². The molecular weight excluding hydrogens is 566 g/mol. The Hall–Kier alpha value is -3.51. The van der Waals surface area contributed by atoms with Crippen LogP contribution >= 0.6 is 0 Å². The first-order valence-electron chi connectivity index (χ1n) is 14.9. The van der Waals surface area contributed by atoms with Gasteiger partial charge in [0, 0.05) is 31.2 Å². The van der Waals surface area contributed by atoms with E-state index in [-0.39, 0.29) is 43.1 Å². The molecule has 43 heavy (non-hydrogen) atoms. The third-order valence-electron chi connectivity index (χ3n) is 7.83. The Labute approximate surface area is 254 Å². The molecule has 3 aromatic rings. The highest BCUT2D eigenvalue weighted by Gasteiger charge is 2.33. The fourth-order valence-corrected chi connectivity index (χ4v) is 6.68. The second-order valence-corrected chi connectivity index (χ2v) is 12.7. The lowest BCUT2D eigenvalue weighted by Crippen LogP contribution is -2.51. The number of amides is 1. The summed E-state index contributed by atoms with van der Waals surface area (Å²) in [5.41, 5.74) is 8.64. The van der Waals surface area contributed by atoms with Crippen molar-refractivity contribution < 1.29 is 23.1 Å². The number of piperidine rings is 1. The van der Waals surface area contributed by atoms with Crippen LogP contribution in [-0.4, -0.2) is 74.3 Å². The molecule has 0 saturated carbocycles. The highest BCUT2D eigenvalue weighted by molar-refractivity contribution is 7.89. The Morgan fingerprint density at radius 3 is 2.44 bits per heavy atom. The predicted molar refractivity (Wildman–Crippen MR) is 168 cm³/mol. The monoisotopic (exact) mass is 609 g/mol. The van der Waals surface area contributed by atoms with Crippen molar-refractivity contribution in [3.63, 3.8) is 0 Å². The van der Waals surface area contributed by atoms with Crippen LogP contribution in [-0.2, 0) is 32.4 Å². The van der Waals surface area contributed by atoms with Crippen LogP contribution in [0.25, 0.3) is 0 Å². The Bertz CT molecular complexity index is 1400. The lowest BCUT2D eigenvalue weighted by atomic mass is 9.94. The number of likely N-dealkylation sites (tertiary alicyclic amines) is 1. The van der Waals surface area contributed by atoms with Gasteiger partial charge in [-0.1, -0.05) is 55.8 Å². The number of rotatable bonds is 15. The zero-order valence-corrected chi connectivity index (χ0v) is 25.5. The summed E-state index contributed by atoms with van der Waals surface area (Å²) in [4.78, 5) is 19.6. The summed E-state index contributed by atoms with van der Waals surface area (Å²) < 4.78 is 36.2. The normalized spacial score (nSPS) is 15.6. The van der Waals surface area contributed by atoms with Crippen molar-refractivity contribution in [3.8, 4) is 0 Å². The zero-order chi connectivity index (χ0) is 30.7. The van der Waals surface area contributed by atoms with E-state index < -0.39 is 16.1 Å². The Morgan fingerprint density at radius 2 is 1.77 bits per heavy atom. The van der Waals surface area contributed by atoms with Crippen molar-refractivity contribution >= 4 is 27.3 Å². The fraction of sp³-hybridized carbons (Fsp3) is 0.438. The number of nitrogens with one attached hydrogen (secondary N) is 2. The van der Waals surface area contributed by atoms with Crippen LogP contribution < -0.4 is 15.8 Å². The van der Waals surface area contributed by atoms with Crippen molar-refractivity contribution in [2.45, 2.75) is 56.0 Å². The molecular formula is C32H43N5O5S. The minimum atomic E-state index is -4.19. The van der Waals surface area contributed by atoms with Gasteiger partial charge >= 0.3 is 0 Å². The third-order valence-corrected chi connectivity index (χ3v) is 9.33. The summed E-state index contributed by atoms with van der Waals surface area (Å²) in [5, 5.41) is 12.5. The number of carbonyl (C=O) groups excluding carboxylic acids is 1. The quantitative estimate of drug-likeness (QED) is 0.152. The number of hydrogen-bond donors (Lipinski definition) is 4. The summed E-state index contributed by atoms with van der Waals surface area (Å²) in [6, 6.07) is 17.2. The van der Waals surface area contributed by atoms with Gasteiger partial charge in [0.05, 0.1) is 31.5 Å². The van der Waals surface area contributed by atoms with E-state index in [1.54, 1.807) is 23.1 Å². The van der Waals surface area contributed by atoms with Crippen molar-refractivity contribution in [1.29, 1.82) is 0 Å². The molecule has 0 spiro atoms. The molecule has 232 valence electrons. The van der Waals surface area contributed by atoms with Crippen LogP contribution in [0.2, 0.25) is 0 Å². The van der Waals surface area contributed by atoms with Crippen molar-refractivity contribution in [2.75, 3.05) is 44.0 Å². The Balaban J connectivity index is 1.58. The number of ether oxygens (including phenoxy) is 1. The van der Waals surface area contributed by atoms with Gasteiger partial charge in [-0.15, -0.1) is 0 Å². The van der Waals surface area contributed by atoms with E-state index in [1.807, 2.05) is 42.5 Å². The van der Waals surface area contributed by atoms with Crippen molar-refractivity contribution in [3.05, 3.63) is 84.2 Å². The number of nitrogens with zero attached hydrogens (tertiary/aromatic N) is 2. The van der Waals surface area contributed by atoms with E-state index in [0.717, 1.165) is 30.4 Å². The minimum absolute atomic E-state index is 0.0602. The molecule has 1 aromatic heterocycles.